The van der Waals surface area contributed by atoms with E-state index >= 15 is 0 Å². The molecule has 2 rings (SSSR count). The van der Waals surface area contributed by atoms with Crippen LogP contribution < -0.4 is 10.6 Å². The minimum Gasteiger partial charge on any atom is -0.350 e. The quantitative estimate of drug-likeness (QED) is 0.836. The van der Waals surface area contributed by atoms with Crippen LogP contribution in [0.2, 0.25) is 0 Å². The van der Waals surface area contributed by atoms with Crippen molar-refractivity contribution in [2.24, 2.45) is 0 Å². The van der Waals surface area contributed by atoms with Gasteiger partial charge in [-0.25, -0.2) is 4.39 Å². The van der Waals surface area contributed by atoms with Crippen LogP contribution in [0.25, 0.3) is 5.69 Å². The topological polar surface area (TPSA) is 46.1 Å². The number of aromatic nitrogens is 1. The average Bonchev–Trinajstić information content (AvgIpc) is 2.81. The predicted octanol–water partition coefficient (Wildman–Crippen LogP) is 3.38. The summed E-state index contributed by atoms with van der Waals surface area (Å²) in [5.41, 5.74) is 3.29. The molecule has 24 heavy (non-hydrogen) atoms. The summed E-state index contributed by atoms with van der Waals surface area (Å²) in [4.78, 5) is 12.4. The third-order valence-corrected chi connectivity index (χ3v) is 3.88. The van der Waals surface area contributed by atoms with Gasteiger partial charge in [0.25, 0.3) is 5.91 Å². The molecule has 6 heteroatoms. The van der Waals surface area contributed by atoms with Crippen LogP contribution in [0, 0.1) is 19.7 Å². The summed E-state index contributed by atoms with van der Waals surface area (Å²) in [5, 5.41) is 6.21. The summed E-state index contributed by atoms with van der Waals surface area (Å²) >= 11 is 0. The normalized spacial score (nSPS) is 11.7. The molecule has 1 atom stereocenters. The molecule has 1 aromatic carbocycles. The second-order valence-corrected chi connectivity index (χ2v) is 5.77. The number of hydrogen-bond acceptors (Lipinski definition) is 2. The van der Waals surface area contributed by atoms with Gasteiger partial charge in [0.1, 0.15) is 5.82 Å². The molecule has 2 aromatic rings. The maximum atomic E-state index is 13.1. The van der Waals surface area contributed by atoms with Gasteiger partial charge in [-0.05, 0) is 57.6 Å². The minimum atomic E-state index is -0.272. The van der Waals surface area contributed by atoms with E-state index in [1.807, 2.05) is 38.3 Å². The van der Waals surface area contributed by atoms with Crippen molar-refractivity contribution >= 4 is 18.3 Å². The van der Waals surface area contributed by atoms with Crippen LogP contribution in [0.1, 0.15) is 35.6 Å². The van der Waals surface area contributed by atoms with Gasteiger partial charge in [0.2, 0.25) is 0 Å². The minimum absolute atomic E-state index is 0. The molecular formula is C18H25ClFN3O. The van der Waals surface area contributed by atoms with Gasteiger partial charge in [-0.1, -0.05) is 6.92 Å². The highest BCUT2D eigenvalue weighted by molar-refractivity contribution is 5.95. The Morgan fingerprint density at radius 3 is 2.46 bits per heavy atom. The molecule has 0 fully saturated rings. The number of rotatable bonds is 6. The molecule has 0 spiro atoms. The van der Waals surface area contributed by atoms with Crippen molar-refractivity contribution in [3.8, 4) is 5.69 Å². The molecule has 2 N–H and O–H groups in total. The van der Waals surface area contributed by atoms with E-state index in [1.165, 1.54) is 12.1 Å². The SMILES string of the molecule is CCN[C@H](C)CNC(=O)c1cc(C)n(-c2ccc(F)cc2)c1C.Cl. The summed E-state index contributed by atoms with van der Waals surface area (Å²) in [6.45, 7) is 9.36. The predicted molar refractivity (Wildman–Crippen MR) is 97.9 cm³/mol. The molecule has 1 heterocycles. The van der Waals surface area contributed by atoms with Gasteiger partial charge in [0.15, 0.2) is 0 Å². The Kier molecular flexibility index (Phi) is 7.45. The number of halogens is 2. The number of hydrogen-bond donors (Lipinski definition) is 2. The number of nitrogens with zero attached hydrogens (tertiary/aromatic N) is 1. The smallest absolute Gasteiger partial charge is 0.253 e. The number of benzene rings is 1. The molecule has 0 saturated heterocycles. The molecule has 0 aliphatic carbocycles. The molecular weight excluding hydrogens is 329 g/mol. The van der Waals surface area contributed by atoms with Crippen molar-refractivity contribution in [3.05, 3.63) is 53.1 Å². The highest BCUT2D eigenvalue weighted by Gasteiger charge is 2.17. The molecule has 0 unspecified atom stereocenters. The molecule has 1 amide bonds. The van der Waals surface area contributed by atoms with Gasteiger partial charge in [-0.3, -0.25) is 4.79 Å². The summed E-state index contributed by atoms with van der Waals surface area (Å²) in [6.07, 6.45) is 0. The van der Waals surface area contributed by atoms with E-state index in [9.17, 15) is 9.18 Å². The van der Waals surface area contributed by atoms with Crippen molar-refractivity contribution in [3.63, 3.8) is 0 Å². The average molecular weight is 354 g/mol. The van der Waals surface area contributed by atoms with Crippen LogP contribution >= 0.6 is 12.4 Å². The van der Waals surface area contributed by atoms with Gasteiger partial charge in [0, 0.05) is 29.7 Å². The van der Waals surface area contributed by atoms with Gasteiger partial charge < -0.3 is 15.2 Å². The monoisotopic (exact) mass is 353 g/mol. The number of likely N-dealkylation sites (N-methyl/N-ethyl adjacent to an activating group) is 1. The van der Waals surface area contributed by atoms with E-state index in [-0.39, 0.29) is 30.2 Å². The molecule has 0 saturated carbocycles. The molecule has 0 radical (unpaired) electrons. The lowest BCUT2D eigenvalue weighted by atomic mass is 10.2. The molecule has 1 aromatic heterocycles. The van der Waals surface area contributed by atoms with E-state index < -0.39 is 0 Å². The van der Waals surface area contributed by atoms with Crippen LogP contribution in [0.15, 0.2) is 30.3 Å². The first-order valence-corrected chi connectivity index (χ1v) is 7.90. The van der Waals surface area contributed by atoms with Crippen LogP contribution in [0.5, 0.6) is 0 Å². The fourth-order valence-electron chi connectivity index (χ4n) is 2.74. The van der Waals surface area contributed by atoms with Gasteiger partial charge >= 0.3 is 0 Å². The lowest BCUT2D eigenvalue weighted by Crippen LogP contribution is -2.38. The molecule has 4 nitrogen and oxygen atoms in total. The molecule has 132 valence electrons. The number of amides is 1. The largest absolute Gasteiger partial charge is 0.350 e. The van der Waals surface area contributed by atoms with Crippen LogP contribution in [0.4, 0.5) is 4.39 Å². The van der Waals surface area contributed by atoms with Gasteiger partial charge in [-0.2, -0.15) is 0 Å². The molecule has 0 bridgehead atoms. The fourth-order valence-corrected chi connectivity index (χ4v) is 2.74. The zero-order valence-electron chi connectivity index (χ0n) is 14.5. The van der Waals surface area contributed by atoms with Gasteiger partial charge in [-0.15, -0.1) is 12.4 Å². The highest BCUT2D eigenvalue weighted by Crippen LogP contribution is 2.21. The van der Waals surface area contributed by atoms with E-state index in [2.05, 4.69) is 10.6 Å². The Morgan fingerprint density at radius 1 is 1.25 bits per heavy atom. The summed E-state index contributed by atoms with van der Waals surface area (Å²) in [5.74, 6) is -0.359. The van der Waals surface area contributed by atoms with Crippen LogP contribution in [0.3, 0.4) is 0 Å². The summed E-state index contributed by atoms with van der Waals surface area (Å²) in [7, 11) is 0. The van der Waals surface area contributed by atoms with E-state index in [1.54, 1.807) is 12.1 Å². The number of nitrogens with one attached hydrogen (secondary N) is 2. The van der Waals surface area contributed by atoms with Crippen molar-refractivity contribution in [2.45, 2.75) is 33.7 Å². The third-order valence-electron chi connectivity index (χ3n) is 3.88. The Bertz CT molecular complexity index is 682. The zero-order valence-corrected chi connectivity index (χ0v) is 15.3. The lowest BCUT2D eigenvalue weighted by Gasteiger charge is -2.13. The fraction of sp³-hybridized carbons (Fsp3) is 0.389. The van der Waals surface area contributed by atoms with Crippen molar-refractivity contribution in [1.29, 1.82) is 0 Å². The highest BCUT2D eigenvalue weighted by atomic mass is 35.5. The summed E-state index contributed by atoms with van der Waals surface area (Å²) in [6, 6.07) is 8.36. The summed E-state index contributed by atoms with van der Waals surface area (Å²) < 4.78 is 15.1. The Hall–Kier alpha value is -1.85. The van der Waals surface area contributed by atoms with E-state index in [4.69, 9.17) is 0 Å². The maximum absolute atomic E-state index is 13.1. The zero-order chi connectivity index (χ0) is 17.0. The first kappa shape index (κ1) is 20.2. The van der Waals surface area contributed by atoms with Crippen molar-refractivity contribution < 1.29 is 9.18 Å². The Labute approximate surface area is 148 Å². The first-order valence-electron chi connectivity index (χ1n) is 7.90. The van der Waals surface area contributed by atoms with Crippen LogP contribution in [-0.4, -0.2) is 29.6 Å². The second-order valence-electron chi connectivity index (χ2n) is 5.77. The van der Waals surface area contributed by atoms with Crippen LogP contribution in [-0.2, 0) is 0 Å². The third kappa shape index (κ3) is 4.58. The standard InChI is InChI=1S/C18H24FN3O.ClH/c1-5-20-12(2)11-21-18(23)17-10-13(3)22(14(17)4)16-8-6-15(19)7-9-16;/h6-10,12,20H,5,11H2,1-4H3,(H,21,23);1H/t12-;/m1./s1. The van der Waals surface area contributed by atoms with Crippen molar-refractivity contribution in [2.75, 3.05) is 13.1 Å². The Morgan fingerprint density at radius 2 is 1.88 bits per heavy atom. The first-order chi connectivity index (χ1) is 10.9. The number of carbonyl (C=O) groups excluding carboxylic acids is 1. The van der Waals surface area contributed by atoms with Gasteiger partial charge in [0.05, 0.1) is 5.56 Å². The molecule has 0 aliphatic rings. The Balaban J connectivity index is 0.00000288. The van der Waals surface area contributed by atoms with E-state index in [0.29, 0.717) is 12.1 Å². The number of carbonyl (C=O) groups is 1. The molecule has 0 aliphatic heterocycles. The lowest BCUT2D eigenvalue weighted by molar-refractivity contribution is 0.0949. The van der Waals surface area contributed by atoms with Crippen molar-refractivity contribution in [1.82, 2.24) is 15.2 Å². The maximum Gasteiger partial charge on any atom is 0.253 e. The number of aryl methyl sites for hydroxylation is 1. The second kappa shape index (κ2) is 8.85. The van der Waals surface area contributed by atoms with E-state index in [0.717, 1.165) is 23.6 Å².